The average molecular weight is 195 g/mol. The van der Waals surface area contributed by atoms with E-state index in [1.165, 1.54) is 0 Å². The van der Waals surface area contributed by atoms with Gasteiger partial charge in [-0.3, -0.25) is 4.99 Å². The monoisotopic (exact) mass is 195 g/mol. The van der Waals surface area contributed by atoms with Gasteiger partial charge in [-0.25, -0.2) is 0 Å². The molecule has 0 saturated heterocycles. The highest BCUT2D eigenvalue weighted by Gasteiger charge is 2.16. The van der Waals surface area contributed by atoms with Crippen LogP contribution >= 0.6 is 0 Å². The second kappa shape index (κ2) is 7.51. The zero-order chi connectivity index (χ0) is 11.0. The molecule has 0 aliphatic carbocycles. The Balaban J connectivity index is 4.65. The van der Waals surface area contributed by atoms with Gasteiger partial charge >= 0.3 is 0 Å². The molecule has 0 aromatic heterocycles. The van der Waals surface area contributed by atoms with Gasteiger partial charge in [0.2, 0.25) is 0 Å². The van der Waals surface area contributed by atoms with E-state index in [4.69, 9.17) is 4.74 Å². The quantitative estimate of drug-likeness (QED) is 0.471. The van der Waals surface area contributed by atoms with Crippen LogP contribution in [0.4, 0.5) is 0 Å². The van der Waals surface area contributed by atoms with Gasteiger partial charge in [0, 0.05) is 6.61 Å². The zero-order valence-corrected chi connectivity index (χ0v) is 9.66. The lowest BCUT2D eigenvalue weighted by Crippen LogP contribution is -2.21. The SMILES string of the molecule is C=N/C(=C\C=C/C)C(OCC)C(C)C. The second-order valence-corrected chi connectivity index (χ2v) is 3.40. The maximum atomic E-state index is 5.62. The first-order valence-corrected chi connectivity index (χ1v) is 5.08. The molecule has 1 atom stereocenters. The molecule has 0 fully saturated rings. The van der Waals surface area contributed by atoms with Crippen molar-refractivity contribution in [3.63, 3.8) is 0 Å². The van der Waals surface area contributed by atoms with Crippen molar-refractivity contribution < 1.29 is 4.74 Å². The maximum Gasteiger partial charge on any atom is 0.102 e. The van der Waals surface area contributed by atoms with Crippen molar-refractivity contribution in [2.24, 2.45) is 10.9 Å². The summed E-state index contributed by atoms with van der Waals surface area (Å²) in [5.74, 6) is 0.414. The molecule has 80 valence electrons. The predicted molar refractivity (Wildman–Crippen MR) is 62.7 cm³/mol. The second-order valence-electron chi connectivity index (χ2n) is 3.40. The molecule has 0 heterocycles. The Morgan fingerprint density at radius 2 is 2.14 bits per heavy atom. The third-order valence-corrected chi connectivity index (χ3v) is 1.89. The Morgan fingerprint density at radius 1 is 1.50 bits per heavy atom. The molecule has 2 nitrogen and oxygen atoms in total. The van der Waals surface area contributed by atoms with Crippen LogP contribution in [0.1, 0.15) is 27.7 Å². The molecule has 1 unspecified atom stereocenters. The topological polar surface area (TPSA) is 21.6 Å². The van der Waals surface area contributed by atoms with Crippen molar-refractivity contribution in [1.82, 2.24) is 0 Å². The first kappa shape index (κ1) is 13.1. The highest BCUT2D eigenvalue weighted by molar-refractivity contribution is 5.32. The Bertz CT molecular complexity index is 216. The summed E-state index contributed by atoms with van der Waals surface area (Å²) in [7, 11) is 0. The molecule has 0 rings (SSSR count). The summed E-state index contributed by atoms with van der Waals surface area (Å²) in [4.78, 5) is 4.00. The summed E-state index contributed by atoms with van der Waals surface area (Å²) < 4.78 is 5.62. The fourth-order valence-corrected chi connectivity index (χ4v) is 1.23. The highest BCUT2D eigenvalue weighted by atomic mass is 16.5. The molecule has 2 heteroatoms. The van der Waals surface area contributed by atoms with Crippen molar-refractivity contribution >= 4 is 6.72 Å². The van der Waals surface area contributed by atoms with Crippen LogP contribution in [0.2, 0.25) is 0 Å². The van der Waals surface area contributed by atoms with E-state index >= 15 is 0 Å². The number of ether oxygens (including phenoxy) is 1. The van der Waals surface area contributed by atoms with Crippen LogP contribution < -0.4 is 0 Å². The summed E-state index contributed by atoms with van der Waals surface area (Å²) in [6.07, 6.45) is 5.92. The number of nitrogens with zero attached hydrogens (tertiary/aromatic N) is 1. The molecule has 0 aromatic rings. The van der Waals surface area contributed by atoms with Crippen molar-refractivity contribution in [2.75, 3.05) is 6.61 Å². The summed E-state index contributed by atoms with van der Waals surface area (Å²) in [6, 6.07) is 0. The van der Waals surface area contributed by atoms with Crippen LogP contribution in [0.5, 0.6) is 0 Å². The molecule has 0 amide bonds. The molecule has 0 saturated carbocycles. The lowest BCUT2D eigenvalue weighted by molar-refractivity contribution is 0.0558. The van der Waals surface area contributed by atoms with Gasteiger partial charge in [0.05, 0.1) is 5.70 Å². The Morgan fingerprint density at radius 3 is 2.50 bits per heavy atom. The summed E-state index contributed by atoms with van der Waals surface area (Å²) in [6.45, 7) is 12.5. The van der Waals surface area contributed by atoms with Crippen LogP contribution in [-0.4, -0.2) is 19.4 Å². The minimum absolute atomic E-state index is 0.0497. The van der Waals surface area contributed by atoms with Crippen molar-refractivity contribution in [1.29, 1.82) is 0 Å². The van der Waals surface area contributed by atoms with Gasteiger partial charge in [0.15, 0.2) is 0 Å². The van der Waals surface area contributed by atoms with Crippen molar-refractivity contribution in [3.8, 4) is 0 Å². The fourth-order valence-electron chi connectivity index (χ4n) is 1.23. The number of rotatable bonds is 6. The molecule has 0 spiro atoms. The van der Waals surface area contributed by atoms with Gasteiger partial charge in [-0.1, -0.05) is 26.0 Å². The third-order valence-electron chi connectivity index (χ3n) is 1.89. The van der Waals surface area contributed by atoms with Crippen LogP contribution in [0.15, 0.2) is 28.9 Å². The smallest absolute Gasteiger partial charge is 0.102 e. The number of aliphatic imine (C=N–C) groups is 1. The highest BCUT2D eigenvalue weighted by Crippen LogP contribution is 2.17. The van der Waals surface area contributed by atoms with Gasteiger partial charge in [-0.05, 0) is 32.6 Å². The normalized spacial score (nSPS) is 15.1. The van der Waals surface area contributed by atoms with E-state index in [9.17, 15) is 0 Å². The van der Waals surface area contributed by atoms with E-state index < -0.39 is 0 Å². The predicted octanol–water partition coefficient (Wildman–Crippen LogP) is 3.21. The molecule has 0 aliphatic heterocycles. The maximum absolute atomic E-state index is 5.62. The van der Waals surface area contributed by atoms with Gasteiger partial charge in [0.1, 0.15) is 6.10 Å². The van der Waals surface area contributed by atoms with Crippen LogP contribution in [0, 0.1) is 5.92 Å². The molecule has 0 radical (unpaired) electrons. The number of hydrogen-bond acceptors (Lipinski definition) is 2. The molecule has 0 N–H and O–H groups in total. The van der Waals surface area contributed by atoms with Gasteiger partial charge in [-0.2, -0.15) is 0 Å². The van der Waals surface area contributed by atoms with E-state index in [-0.39, 0.29) is 6.10 Å². The lowest BCUT2D eigenvalue weighted by atomic mass is 10.0. The molecule has 14 heavy (non-hydrogen) atoms. The first-order valence-electron chi connectivity index (χ1n) is 5.08. The number of allylic oxidation sites excluding steroid dienone is 3. The number of hydrogen-bond donors (Lipinski definition) is 0. The van der Waals surface area contributed by atoms with Crippen LogP contribution in [0.25, 0.3) is 0 Å². The third kappa shape index (κ3) is 4.38. The van der Waals surface area contributed by atoms with E-state index in [2.05, 4.69) is 25.6 Å². The van der Waals surface area contributed by atoms with E-state index in [0.717, 1.165) is 5.70 Å². The summed E-state index contributed by atoms with van der Waals surface area (Å²) >= 11 is 0. The molecule has 0 aliphatic rings. The van der Waals surface area contributed by atoms with Crippen molar-refractivity contribution in [2.45, 2.75) is 33.8 Å². The fraction of sp³-hybridized carbons (Fsp3) is 0.583. The van der Waals surface area contributed by atoms with Gasteiger partial charge in [-0.15, -0.1) is 0 Å². The largest absolute Gasteiger partial charge is 0.372 e. The lowest BCUT2D eigenvalue weighted by Gasteiger charge is -2.20. The minimum Gasteiger partial charge on any atom is -0.372 e. The average Bonchev–Trinajstić information content (AvgIpc) is 2.17. The molecular formula is C12H21NO. The van der Waals surface area contributed by atoms with E-state index in [0.29, 0.717) is 12.5 Å². The van der Waals surface area contributed by atoms with E-state index in [1.807, 2.05) is 32.1 Å². The Labute approximate surface area is 87.4 Å². The summed E-state index contributed by atoms with van der Waals surface area (Å²) in [5, 5.41) is 0. The Hall–Kier alpha value is -0.890. The molecule has 0 bridgehead atoms. The van der Waals surface area contributed by atoms with E-state index in [1.54, 1.807) is 0 Å². The molecular weight excluding hydrogens is 174 g/mol. The zero-order valence-electron chi connectivity index (χ0n) is 9.66. The first-order chi connectivity index (χ1) is 6.67. The standard InChI is InChI=1S/C12H21NO/c1-6-8-9-11(13-5)12(10(3)4)14-7-2/h6,8-10,12H,5,7H2,1-4H3/b8-6-,11-9-. The van der Waals surface area contributed by atoms with Gasteiger partial charge < -0.3 is 4.74 Å². The Kier molecular flexibility index (Phi) is 7.03. The van der Waals surface area contributed by atoms with Crippen molar-refractivity contribution in [3.05, 3.63) is 23.9 Å². The minimum atomic E-state index is 0.0497. The van der Waals surface area contributed by atoms with Crippen LogP contribution in [0.3, 0.4) is 0 Å². The van der Waals surface area contributed by atoms with Crippen LogP contribution in [-0.2, 0) is 4.74 Å². The molecule has 0 aromatic carbocycles. The summed E-state index contributed by atoms with van der Waals surface area (Å²) in [5.41, 5.74) is 0.903. The van der Waals surface area contributed by atoms with Gasteiger partial charge in [0.25, 0.3) is 0 Å².